The van der Waals surface area contributed by atoms with E-state index in [1.165, 1.54) is 0 Å². The molecule has 0 bridgehead atoms. The summed E-state index contributed by atoms with van der Waals surface area (Å²) in [5, 5.41) is 4.22. The average Bonchev–Trinajstić information content (AvgIpc) is 2.68. The molecule has 1 atom stereocenters. The molecule has 4 nitrogen and oxygen atoms in total. The topological polar surface area (TPSA) is 50.7 Å². The predicted molar refractivity (Wildman–Crippen MR) is 75.9 cm³/mol. The van der Waals surface area contributed by atoms with Gasteiger partial charge in [0.25, 0.3) is 0 Å². The van der Waals surface area contributed by atoms with E-state index in [-0.39, 0.29) is 6.04 Å². The van der Waals surface area contributed by atoms with Crippen LogP contribution in [0.5, 0.6) is 0 Å². The van der Waals surface area contributed by atoms with Crippen molar-refractivity contribution in [3.05, 3.63) is 35.6 Å². The molecule has 0 aromatic carbocycles. The van der Waals surface area contributed by atoms with Crippen LogP contribution in [0.3, 0.4) is 0 Å². The van der Waals surface area contributed by atoms with E-state index in [4.69, 9.17) is 0 Å². The molecule has 18 heavy (non-hydrogen) atoms. The molecule has 0 saturated carbocycles. The SMILES string of the molecule is C=CC(C)Nc1nccc(-c2sc(C)nc2C)n1. The monoisotopic (exact) mass is 260 g/mol. The molecule has 2 aromatic rings. The summed E-state index contributed by atoms with van der Waals surface area (Å²) in [6, 6.07) is 2.05. The Morgan fingerprint density at radius 2 is 2.17 bits per heavy atom. The van der Waals surface area contributed by atoms with Gasteiger partial charge < -0.3 is 5.32 Å². The highest BCUT2D eigenvalue weighted by molar-refractivity contribution is 7.15. The second-order valence-corrected chi connectivity index (χ2v) is 5.28. The van der Waals surface area contributed by atoms with Gasteiger partial charge in [0.15, 0.2) is 0 Å². The summed E-state index contributed by atoms with van der Waals surface area (Å²) in [5.74, 6) is 0.616. The Bertz CT molecular complexity index is 562. The van der Waals surface area contributed by atoms with Crippen LogP contribution in [0.1, 0.15) is 17.6 Å². The lowest BCUT2D eigenvalue weighted by atomic mass is 10.3. The van der Waals surface area contributed by atoms with Crippen LogP contribution in [-0.4, -0.2) is 21.0 Å². The highest BCUT2D eigenvalue weighted by atomic mass is 32.1. The van der Waals surface area contributed by atoms with Crippen LogP contribution in [0.2, 0.25) is 0 Å². The van der Waals surface area contributed by atoms with Gasteiger partial charge in [0.05, 0.1) is 21.3 Å². The Morgan fingerprint density at radius 1 is 1.39 bits per heavy atom. The van der Waals surface area contributed by atoms with Gasteiger partial charge in [-0.15, -0.1) is 17.9 Å². The molecule has 0 fully saturated rings. The molecule has 2 aromatic heterocycles. The fraction of sp³-hybridized carbons (Fsp3) is 0.308. The van der Waals surface area contributed by atoms with Gasteiger partial charge in [-0.3, -0.25) is 0 Å². The standard InChI is InChI=1S/C13H16N4S/c1-5-8(2)15-13-14-7-6-11(17-13)12-9(3)16-10(4)18-12/h5-8H,1H2,2-4H3,(H,14,15,17). The minimum Gasteiger partial charge on any atom is -0.348 e. The molecule has 0 aliphatic rings. The third-order valence-electron chi connectivity index (χ3n) is 2.50. The Kier molecular flexibility index (Phi) is 3.72. The number of hydrogen-bond donors (Lipinski definition) is 1. The number of aromatic nitrogens is 3. The second kappa shape index (κ2) is 5.27. The normalized spacial score (nSPS) is 12.2. The molecule has 0 aliphatic heterocycles. The average molecular weight is 260 g/mol. The van der Waals surface area contributed by atoms with Crippen LogP contribution in [0.15, 0.2) is 24.9 Å². The van der Waals surface area contributed by atoms with E-state index >= 15 is 0 Å². The summed E-state index contributed by atoms with van der Waals surface area (Å²) in [6.45, 7) is 9.74. The van der Waals surface area contributed by atoms with Crippen molar-refractivity contribution in [2.24, 2.45) is 0 Å². The first-order valence-electron chi connectivity index (χ1n) is 5.76. The summed E-state index contributed by atoms with van der Waals surface area (Å²) >= 11 is 1.65. The van der Waals surface area contributed by atoms with Crippen LogP contribution in [0.4, 0.5) is 5.95 Å². The van der Waals surface area contributed by atoms with Crippen LogP contribution in [-0.2, 0) is 0 Å². The van der Waals surface area contributed by atoms with Crippen LogP contribution in [0.25, 0.3) is 10.6 Å². The van der Waals surface area contributed by atoms with Gasteiger partial charge in [0.2, 0.25) is 5.95 Å². The molecule has 0 amide bonds. The fourth-order valence-electron chi connectivity index (χ4n) is 1.59. The maximum atomic E-state index is 4.51. The summed E-state index contributed by atoms with van der Waals surface area (Å²) in [5.41, 5.74) is 1.92. The van der Waals surface area contributed by atoms with E-state index in [1.807, 2.05) is 32.9 Å². The molecule has 1 unspecified atom stereocenters. The number of anilines is 1. The maximum Gasteiger partial charge on any atom is 0.223 e. The van der Waals surface area contributed by atoms with E-state index in [0.717, 1.165) is 21.3 Å². The summed E-state index contributed by atoms with van der Waals surface area (Å²) < 4.78 is 0. The highest BCUT2D eigenvalue weighted by Crippen LogP contribution is 2.28. The highest BCUT2D eigenvalue weighted by Gasteiger charge is 2.10. The lowest BCUT2D eigenvalue weighted by Gasteiger charge is -2.09. The molecule has 5 heteroatoms. The van der Waals surface area contributed by atoms with Crippen molar-refractivity contribution in [1.29, 1.82) is 0 Å². The van der Waals surface area contributed by atoms with Crippen LogP contribution in [0, 0.1) is 13.8 Å². The van der Waals surface area contributed by atoms with E-state index in [9.17, 15) is 0 Å². The number of aryl methyl sites for hydroxylation is 2. The van der Waals surface area contributed by atoms with Gasteiger partial charge in [-0.2, -0.15) is 0 Å². The Hall–Kier alpha value is -1.75. The van der Waals surface area contributed by atoms with Crippen LogP contribution < -0.4 is 5.32 Å². The van der Waals surface area contributed by atoms with E-state index in [0.29, 0.717) is 5.95 Å². The Balaban J connectivity index is 2.32. The predicted octanol–water partition coefficient (Wildman–Crippen LogP) is 3.20. The molecule has 2 heterocycles. The molecule has 0 saturated heterocycles. The van der Waals surface area contributed by atoms with Crippen molar-refractivity contribution < 1.29 is 0 Å². The number of nitrogens with one attached hydrogen (secondary N) is 1. The van der Waals surface area contributed by atoms with Gasteiger partial charge in [-0.1, -0.05) is 6.08 Å². The van der Waals surface area contributed by atoms with Gasteiger partial charge in [0, 0.05) is 12.2 Å². The lowest BCUT2D eigenvalue weighted by molar-refractivity contribution is 0.959. The molecule has 0 radical (unpaired) electrons. The van der Waals surface area contributed by atoms with Crippen molar-refractivity contribution in [3.63, 3.8) is 0 Å². The minimum absolute atomic E-state index is 0.143. The van der Waals surface area contributed by atoms with E-state index in [2.05, 4.69) is 26.8 Å². The number of nitrogens with zero attached hydrogens (tertiary/aromatic N) is 3. The zero-order chi connectivity index (χ0) is 13.1. The Morgan fingerprint density at radius 3 is 2.78 bits per heavy atom. The lowest BCUT2D eigenvalue weighted by Crippen LogP contribution is -2.13. The first-order valence-corrected chi connectivity index (χ1v) is 6.58. The summed E-state index contributed by atoms with van der Waals surface area (Å²) in [7, 11) is 0. The fourth-order valence-corrected chi connectivity index (χ4v) is 2.48. The van der Waals surface area contributed by atoms with E-state index < -0.39 is 0 Å². The summed E-state index contributed by atoms with van der Waals surface area (Å²) in [4.78, 5) is 14.2. The minimum atomic E-state index is 0.143. The van der Waals surface area contributed by atoms with Crippen molar-refractivity contribution in [2.45, 2.75) is 26.8 Å². The van der Waals surface area contributed by atoms with Gasteiger partial charge >= 0.3 is 0 Å². The zero-order valence-corrected chi connectivity index (χ0v) is 11.6. The van der Waals surface area contributed by atoms with Crippen molar-refractivity contribution >= 4 is 17.3 Å². The quantitative estimate of drug-likeness (QED) is 0.858. The molecule has 2 rings (SSSR count). The smallest absolute Gasteiger partial charge is 0.223 e. The molecule has 0 aliphatic carbocycles. The molecule has 94 valence electrons. The number of rotatable bonds is 4. The third kappa shape index (κ3) is 2.73. The first kappa shape index (κ1) is 12.7. The van der Waals surface area contributed by atoms with Gasteiger partial charge in [-0.05, 0) is 26.8 Å². The van der Waals surface area contributed by atoms with Crippen molar-refractivity contribution in [2.75, 3.05) is 5.32 Å². The van der Waals surface area contributed by atoms with Gasteiger partial charge in [0.1, 0.15) is 0 Å². The van der Waals surface area contributed by atoms with Crippen LogP contribution >= 0.6 is 11.3 Å². The maximum absolute atomic E-state index is 4.51. The zero-order valence-electron chi connectivity index (χ0n) is 10.8. The largest absolute Gasteiger partial charge is 0.348 e. The van der Waals surface area contributed by atoms with Gasteiger partial charge in [-0.25, -0.2) is 15.0 Å². The number of thiazole rings is 1. The van der Waals surface area contributed by atoms with E-state index in [1.54, 1.807) is 17.5 Å². The second-order valence-electron chi connectivity index (χ2n) is 4.08. The Labute approximate surface area is 111 Å². The molecular formula is C13H16N4S. The number of hydrogen-bond acceptors (Lipinski definition) is 5. The van der Waals surface area contributed by atoms with Crippen molar-refractivity contribution in [3.8, 4) is 10.6 Å². The van der Waals surface area contributed by atoms with Crippen molar-refractivity contribution in [1.82, 2.24) is 15.0 Å². The first-order chi connectivity index (χ1) is 8.60. The summed E-state index contributed by atoms with van der Waals surface area (Å²) in [6.07, 6.45) is 3.58. The molecular weight excluding hydrogens is 244 g/mol. The molecule has 1 N–H and O–H groups in total. The molecule has 0 spiro atoms. The third-order valence-corrected chi connectivity index (χ3v) is 3.60.